The standard InChI is InChI=1S/C23H24N2OS/c1-17-12-14-19(15-13-17)23(18-8-4-3-5-9-18)24-16-22(26)25-20-10-6-7-11-21(20)27-2/h3-15,23-24H,16H2,1-2H3,(H,25,26)/t23-/m0/s1. The molecule has 0 bridgehead atoms. The number of amides is 1. The quantitative estimate of drug-likeness (QED) is 0.568. The summed E-state index contributed by atoms with van der Waals surface area (Å²) in [6.45, 7) is 2.31. The van der Waals surface area contributed by atoms with E-state index in [2.05, 4.69) is 54.0 Å². The zero-order chi connectivity index (χ0) is 19.1. The Morgan fingerprint density at radius 1 is 0.889 bits per heavy atom. The summed E-state index contributed by atoms with van der Waals surface area (Å²) in [7, 11) is 0. The van der Waals surface area contributed by atoms with Crippen LogP contribution < -0.4 is 10.6 Å². The van der Waals surface area contributed by atoms with Crippen molar-refractivity contribution in [1.82, 2.24) is 5.32 Å². The molecule has 0 spiro atoms. The molecule has 3 nitrogen and oxygen atoms in total. The summed E-state index contributed by atoms with van der Waals surface area (Å²) in [4.78, 5) is 13.6. The molecule has 3 rings (SSSR count). The number of carbonyl (C=O) groups excluding carboxylic acids is 1. The number of hydrogen-bond donors (Lipinski definition) is 2. The van der Waals surface area contributed by atoms with Crippen LogP contribution in [0.2, 0.25) is 0 Å². The van der Waals surface area contributed by atoms with Crippen molar-refractivity contribution in [3.63, 3.8) is 0 Å². The maximum absolute atomic E-state index is 12.5. The Labute approximate surface area is 165 Å². The van der Waals surface area contributed by atoms with Gasteiger partial charge in [-0.25, -0.2) is 0 Å². The lowest BCUT2D eigenvalue weighted by Crippen LogP contribution is -2.32. The van der Waals surface area contributed by atoms with E-state index in [-0.39, 0.29) is 18.5 Å². The van der Waals surface area contributed by atoms with Gasteiger partial charge in [0, 0.05) is 4.90 Å². The molecule has 0 aromatic heterocycles. The van der Waals surface area contributed by atoms with Crippen molar-refractivity contribution in [2.24, 2.45) is 0 Å². The first-order valence-electron chi connectivity index (χ1n) is 8.95. The van der Waals surface area contributed by atoms with E-state index in [0.717, 1.165) is 21.7 Å². The lowest BCUT2D eigenvalue weighted by molar-refractivity contribution is -0.115. The van der Waals surface area contributed by atoms with Crippen LogP contribution in [0.1, 0.15) is 22.7 Å². The zero-order valence-electron chi connectivity index (χ0n) is 15.6. The minimum absolute atomic E-state index is 0.0339. The predicted octanol–water partition coefficient (Wildman–Crippen LogP) is 5.03. The highest BCUT2D eigenvalue weighted by Gasteiger charge is 2.15. The minimum Gasteiger partial charge on any atom is -0.324 e. The van der Waals surface area contributed by atoms with Crippen molar-refractivity contribution in [1.29, 1.82) is 0 Å². The largest absolute Gasteiger partial charge is 0.324 e. The first-order valence-corrected chi connectivity index (χ1v) is 10.2. The number of benzene rings is 3. The summed E-state index contributed by atoms with van der Waals surface area (Å²) in [6, 6.07) is 26.4. The van der Waals surface area contributed by atoms with Crippen LogP contribution in [-0.4, -0.2) is 18.7 Å². The minimum atomic E-state index is -0.0513. The molecule has 138 valence electrons. The van der Waals surface area contributed by atoms with Gasteiger partial charge in [0.25, 0.3) is 0 Å². The van der Waals surface area contributed by atoms with Gasteiger partial charge < -0.3 is 5.32 Å². The van der Waals surface area contributed by atoms with E-state index >= 15 is 0 Å². The number of carbonyl (C=O) groups is 1. The number of aryl methyl sites for hydroxylation is 1. The molecule has 1 amide bonds. The van der Waals surface area contributed by atoms with Gasteiger partial charge in [-0.3, -0.25) is 10.1 Å². The average molecular weight is 377 g/mol. The van der Waals surface area contributed by atoms with E-state index < -0.39 is 0 Å². The third-order valence-electron chi connectivity index (χ3n) is 4.39. The zero-order valence-corrected chi connectivity index (χ0v) is 16.4. The Morgan fingerprint density at radius 3 is 2.22 bits per heavy atom. The number of hydrogen-bond acceptors (Lipinski definition) is 3. The molecule has 0 aliphatic heterocycles. The molecular formula is C23H24N2OS. The highest BCUT2D eigenvalue weighted by molar-refractivity contribution is 7.98. The highest BCUT2D eigenvalue weighted by Crippen LogP contribution is 2.25. The van der Waals surface area contributed by atoms with Crippen LogP contribution in [0.5, 0.6) is 0 Å². The van der Waals surface area contributed by atoms with E-state index in [9.17, 15) is 4.79 Å². The molecule has 4 heteroatoms. The highest BCUT2D eigenvalue weighted by atomic mass is 32.2. The SMILES string of the molecule is CSc1ccccc1NC(=O)CN[C@@H](c1ccccc1)c1ccc(C)cc1. The van der Waals surface area contributed by atoms with Crippen LogP contribution in [0, 0.1) is 6.92 Å². The van der Waals surface area contributed by atoms with Gasteiger partial charge in [-0.15, -0.1) is 11.8 Å². The summed E-state index contributed by atoms with van der Waals surface area (Å²) in [6.07, 6.45) is 2.01. The van der Waals surface area contributed by atoms with Crippen LogP contribution in [0.15, 0.2) is 83.8 Å². The van der Waals surface area contributed by atoms with E-state index in [1.165, 1.54) is 5.56 Å². The number of anilines is 1. The third kappa shape index (κ3) is 5.22. The summed E-state index contributed by atoms with van der Waals surface area (Å²) in [5.74, 6) is -0.0513. The molecule has 0 radical (unpaired) electrons. The Balaban J connectivity index is 1.73. The summed E-state index contributed by atoms with van der Waals surface area (Å²) >= 11 is 1.62. The molecular weight excluding hydrogens is 352 g/mol. The molecule has 0 aliphatic carbocycles. The second kappa shape index (κ2) is 9.40. The van der Waals surface area contributed by atoms with Crippen molar-refractivity contribution in [2.45, 2.75) is 17.9 Å². The molecule has 27 heavy (non-hydrogen) atoms. The first kappa shape index (κ1) is 19.2. The van der Waals surface area contributed by atoms with Gasteiger partial charge in [0.15, 0.2) is 0 Å². The fraction of sp³-hybridized carbons (Fsp3) is 0.174. The van der Waals surface area contributed by atoms with Gasteiger partial charge in [-0.05, 0) is 36.4 Å². The maximum atomic E-state index is 12.5. The van der Waals surface area contributed by atoms with Crippen molar-refractivity contribution < 1.29 is 4.79 Å². The first-order chi connectivity index (χ1) is 13.2. The van der Waals surface area contributed by atoms with Crippen LogP contribution in [0.4, 0.5) is 5.69 Å². The Morgan fingerprint density at radius 2 is 1.52 bits per heavy atom. The fourth-order valence-electron chi connectivity index (χ4n) is 2.97. The Kier molecular flexibility index (Phi) is 6.69. The molecule has 2 N–H and O–H groups in total. The monoisotopic (exact) mass is 376 g/mol. The molecule has 3 aromatic rings. The van der Waals surface area contributed by atoms with Gasteiger partial charge in [-0.2, -0.15) is 0 Å². The van der Waals surface area contributed by atoms with E-state index in [1.54, 1.807) is 11.8 Å². The van der Waals surface area contributed by atoms with Gasteiger partial charge in [-0.1, -0.05) is 72.3 Å². The molecule has 0 unspecified atom stereocenters. The summed E-state index contributed by atoms with van der Waals surface area (Å²) < 4.78 is 0. The van der Waals surface area contributed by atoms with E-state index in [0.29, 0.717) is 0 Å². The molecule has 0 fully saturated rings. The molecule has 3 aromatic carbocycles. The molecule has 0 aliphatic rings. The van der Waals surface area contributed by atoms with Crippen LogP contribution in [-0.2, 0) is 4.79 Å². The second-order valence-electron chi connectivity index (χ2n) is 6.38. The van der Waals surface area contributed by atoms with Crippen molar-refractivity contribution in [3.05, 3.63) is 95.6 Å². The lowest BCUT2D eigenvalue weighted by atomic mass is 9.98. The number of nitrogens with one attached hydrogen (secondary N) is 2. The number of thioether (sulfide) groups is 1. The topological polar surface area (TPSA) is 41.1 Å². The number of rotatable bonds is 7. The molecule has 1 atom stereocenters. The van der Waals surface area contributed by atoms with Crippen molar-refractivity contribution >= 4 is 23.4 Å². The van der Waals surface area contributed by atoms with E-state index in [4.69, 9.17) is 0 Å². The predicted molar refractivity (Wildman–Crippen MR) is 114 cm³/mol. The van der Waals surface area contributed by atoms with Crippen molar-refractivity contribution in [3.8, 4) is 0 Å². The van der Waals surface area contributed by atoms with Gasteiger partial charge in [0.05, 0.1) is 18.3 Å². The summed E-state index contributed by atoms with van der Waals surface area (Å²) in [5, 5.41) is 6.42. The number of para-hydroxylation sites is 1. The van der Waals surface area contributed by atoms with Gasteiger partial charge in [0.1, 0.15) is 0 Å². The second-order valence-corrected chi connectivity index (χ2v) is 7.23. The Hall–Kier alpha value is -2.56. The smallest absolute Gasteiger partial charge is 0.238 e. The fourth-order valence-corrected chi connectivity index (χ4v) is 3.52. The maximum Gasteiger partial charge on any atom is 0.238 e. The summed E-state index contributed by atoms with van der Waals surface area (Å²) in [5.41, 5.74) is 4.35. The lowest BCUT2D eigenvalue weighted by Gasteiger charge is -2.20. The van der Waals surface area contributed by atoms with Crippen LogP contribution in [0.3, 0.4) is 0 Å². The molecule has 0 saturated carbocycles. The van der Waals surface area contributed by atoms with Crippen LogP contribution >= 0.6 is 11.8 Å². The van der Waals surface area contributed by atoms with Gasteiger partial charge in [0.2, 0.25) is 5.91 Å². The van der Waals surface area contributed by atoms with Gasteiger partial charge >= 0.3 is 0 Å². The van der Waals surface area contributed by atoms with Crippen LogP contribution in [0.25, 0.3) is 0 Å². The molecule has 0 saturated heterocycles. The van der Waals surface area contributed by atoms with E-state index in [1.807, 2.05) is 48.7 Å². The molecule has 0 heterocycles. The third-order valence-corrected chi connectivity index (χ3v) is 5.19. The Bertz CT molecular complexity index is 878. The average Bonchev–Trinajstić information content (AvgIpc) is 2.70. The van der Waals surface area contributed by atoms with Crippen molar-refractivity contribution in [2.75, 3.05) is 18.1 Å². The normalized spacial score (nSPS) is 11.8.